The lowest BCUT2D eigenvalue weighted by atomic mass is 10.1. The lowest BCUT2D eigenvalue weighted by Gasteiger charge is -2.14. The van der Waals surface area contributed by atoms with Crippen LogP contribution in [0.2, 0.25) is 0 Å². The molecule has 0 aliphatic heterocycles. The van der Waals surface area contributed by atoms with E-state index in [1.807, 2.05) is 62.6 Å². The second-order valence-corrected chi connectivity index (χ2v) is 4.99. The number of likely N-dealkylation sites (N-methyl/N-ethyl adjacent to an activating group) is 1. The Morgan fingerprint density at radius 2 is 2.21 bits per heavy atom. The first-order valence-corrected chi connectivity index (χ1v) is 6.30. The molecule has 2 aromatic rings. The van der Waals surface area contributed by atoms with Crippen LogP contribution in [0.1, 0.15) is 21.5 Å². The third-order valence-corrected chi connectivity index (χ3v) is 2.96. The van der Waals surface area contributed by atoms with Gasteiger partial charge in [-0.25, -0.2) is 0 Å². The highest BCUT2D eigenvalue weighted by Gasteiger charge is 2.10. The summed E-state index contributed by atoms with van der Waals surface area (Å²) in [5.74, 6) is 0.148. The molecule has 0 saturated heterocycles. The van der Waals surface area contributed by atoms with Gasteiger partial charge in [0, 0.05) is 30.9 Å². The minimum atomic E-state index is 0.148. The quantitative estimate of drug-likeness (QED) is 0.769. The van der Waals surface area contributed by atoms with Crippen LogP contribution in [-0.4, -0.2) is 34.1 Å². The summed E-state index contributed by atoms with van der Waals surface area (Å²) in [4.78, 5) is 14.1. The van der Waals surface area contributed by atoms with Gasteiger partial charge in [-0.3, -0.25) is 14.4 Å². The van der Waals surface area contributed by atoms with Crippen molar-refractivity contribution < 1.29 is 4.79 Å². The Kier molecular flexibility index (Phi) is 4.12. The largest absolute Gasteiger partial charge is 0.294 e. The summed E-state index contributed by atoms with van der Waals surface area (Å²) in [5, 5.41) is 4.12. The molecule has 0 radical (unpaired) electrons. The van der Waals surface area contributed by atoms with Crippen LogP contribution < -0.4 is 0 Å². The van der Waals surface area contributed by atoms with E-state index in [-0.39, 0.29) is 5.78 Å². The van der Waals surface area contributed by atoms with E-state index < -0.39 is 0 Å². The molecule has 0 spiro atoms. The molecule has 0 N–H and O–H groups in total. The van der Waals surface area contributed by atoms with Gasteiger partial charge in [-0.05, 0) is 20.0 Å². The maximum Gasteiger partial charge on any atom is 0.176 e. The van der Waals surface area contributed by atoms with Crippen molar-refractivity contribution >= 4 is 5.78 Å². The summed E-state index contributed by atoms with van der Waals surface area (Å²) in [5.41, 5.74) is 3.00. The van der Waals surface area contributed by atoms with E-state index in [2.05, 4.69) is 5.10 Å². The van der Waals surface area contributed by atoms with Crippen LogP contribution in [0.4, 0.5) is 0 Å². The highest BCUT2D eigenvalue weighted by atomic mass is 16.1. The van der Waals surface area contributed by atoms with Crippen molar-refractivity contribution in [2.75, 3.05) is 13.6 Å². The Bertz CT molecular complexity index is 574. The number of carbonyl (C=O) groups is 1. The first-order chi connectivity index (χ1) is 9.04. The fourth-order valence-corrected chi connectivity index (χ4v) is 2.08. The molecule has 0 aliphatic carbocycles. The van der Waals surface area contributed by atoms with Gasteiger partial charge >= 0.3 is 0 Å². The number of hydrogen-bond acceptors (Lipinski definition) is 3. The van der Waals surface area contributed by atoms with Crippen molar-refractivity contribution in [1.29, 1.82) is 0 Å². The van der Waals surface area contributed by atoms with Crippen molar-refractivity contribution in [2.45, 2.75) is 13.5 Å². The van der Waals surface area contributed by atoms with Crippen LogP contribution in [0.3, 0.4) is 0 Å². The number of nitrogens with zero attached hydrogens (tertiary/aromatic N) is 3. The molecule has 0 amide bonds. The Labute approximate surface area is 113 Å². The first-order valence-electron chi connectivity index (χ1n) is 6.30. The Morgan fingerprint density at radius 3 is 2.84 bits per heavy atom. The molecule has 100 valence electrons. The molecule has 19 heavy (non-hydrogen) atoms. The van der Waals surface area contributed by atoms with Gasteiger partial charge in [0.2, 0.25) is 0 Å². The van der Waals surface area contributed by atoms with Crippen LogP contribution in [0.5, 0.6) is 0 Å². The molecule has 0 atom stereocenters. The van der Waals surface area contributed by atoms with Crippen LogP contribution in [-0.2, 0) is 13.6 Å². The van der Waals surface area contributed by atoms with E-state index in [1.54, 1.807) is 4.68 Å². The Morgan fingerprint density at radius 1 is 1.42 bits per heavy atom. The van der Waals surface area contributed by atoms with Crippen LogP contribution >= 0.6 is 0 Å². The smallest absolute Gasteiger partial charge is 0.176 e. The minimum Gasteiger partial charge on any atom is -0.294 e. The second-order valence-electron chi connectivity index (χ2n) is 4.99. The molecule has 4 heteroatoms. The summed E-state index contributed by atoms with van der Waals surface area (Å²) in [7, 11) is 3.84. The van der Waals surface area contributed by atoms with Crippen molar-refractivity contribution in [3.8, 4) is 0 Å². The van der Waals surface area contributed by atoms with Crippen molar-refractivity contribution in [3.05, 3.63) is 53.3 Å². The van der Waals surface area contributed by atoms with Crippen LogP contribution in [0, 0.1) is 6.92 Å². The molecule has 1 heterocycles. The highest BCUT2D eigenvalue weighted by molar-refractivity contribution is 5.97. The number of aromatic nitrogens is 2. The van der Waals surface area contributed by atoms with E-state index in [0.29, 0.717) is 6.54 Å². The Balaban J connectivity index is 1.95. The predicted octanol–water partition coefficient (Wildman–Crippen LogP) is 2.04. The average Bonchev–Trinajstić information content (AvgIpc) is 2.74. The molecule has 0 saturated carbocycles. The summed E-state index contributed by atoms with van der Waals surface area (Å²) < 4.78 is 1.77. The molecular weight excluding hydrogens is 238 g/mol. The lowest BCUT2D eigenvalue weighted by molar-refractivity contribution is 0.0943. The predicted molar refractivity (Wildman–Crippen MR) is 75.1 cm³/mol. The first kappa shape index (κ1) is 13.5. The number of hydrogen-bond donors (Lipinski definition) is 0. The average molecular weight is 257 g/mol. The summed E-state index contributed by atoms with van der Waals surface area (Å²) >= 11 is 0. The van der Waals surface area contributed by atoms with Crippen molar-refractivity contribution in [2.24, 2.45) is 7.05 Å². The zero-order valence-electron chi connectivity index (χ0n) is 11.6. The molecule has 1 aromatic carbocycles. The Hall–Kier alpha value is -1.94. The zero-order valence-corrected chi connectivity index (χ0v) is 11.6. The fourth-order valence-electron chi connectivity index (χ4n) is 2.08. The third-order valence-electron chi connectivity index (χ3n) is 2.96. The van der Waals surface area contributed by atoms with Gasteiger partial charge in [0.05, 0.1) is 12.7 Å². The summed E-state index contributed by atoms with van der Waals surface area (Å²) in [6.45, 7) is 3.14. The molecule has 1 aromatic heterocycles. The molecule has 0 aliphatic rings. The molecule has 0 unspecified atom stereocenters. The monoisotopic (exact) mass is 257 g/mol. The molecule has 0 bridgehead atoms. The molecular formula is C15H19N3O. The van der Waals surface area contributed by atoms with Gasteiger partial charge in [-0.15, -0.1) is 0 Å². The number of aryl methyl sites for hydroxylation is 2. The van der Waals surface area contributed by atoms with E-state index in [9.17, 15) is 4.79 Å². The number of carbonyl (C=O) groups excluding carboxylic acids is 1. The van der Waals surface area contributed by atoms with E-state index in [0.717, 1.165) is 23.2 Å². The standard InChI is InChI=1S/C15H19N3O/c1-12-5-4-6-14(7-12)15(19)11-17(2)9-13-8-16-18(3)10-13/h4-8,10H,9,11H2,1-3H3. The summed E-state index contributed by atoms with van der Waals surface area (Å²) in [6.07, 6.45) is 3.79. The maximum atomic E-state index is 12.1. The van der Waals surface area contributed by atoms with E-state index >= 15 is 0 Å². The van der Waals surface area contributed by atoms with E-state index in [4.69, 9.17) is 0 Å². The van der Waals surface area contributed by atoms with Crippen LogP contribution in [0.25, 0.3) is 0 Å². The number of ketones is 1. The highest BCUT2D eigenvalue weighted by Crippen LogP contribution is 2.07. The normalized spacial score (nSPS) is 10.9. The SMILES string of the molecule is Cc1cccc(C(=O)CN(C)Cc2cnn(C)c2)c1. The topological polar surface area (TPSA) is 38.1 Å². The number of Topliss-reactive ketones (excluding diaryl/α,β-unsaturated/α-hetero) is 1. The third kappa shape index (κ3) is 3.76. The molecule has 0 fully saturated rings. The zero-order chi connectivity index (χ0) is 13.8. The van der Waals surface area contributed by atoms with Gasteiger partial charge < -0.3 is 0 Å². The van der Waals surface area contributed by atoms with E-state index in [1.165, 1.54) is 0 Å². The molecule has 4 nitrogen and oxygen atoms in total. The summed E-state index contributed by atoms with van der Waals surface area (Å²) in [6, 6.07) is 7.72. The fraction of sp³-hybridized carbons (Fsp3) is 0.333. The van der Waals surface area contributed by atoms with Crippen molar-refractivity contribution in [1.82, 2.24) is 14.7 Å². The molecule has 2 rings (SSSR count). The van der Waals surface area contributed by atoms with Crippen molar-refractivity contribution in [3.63, 3.8) is 0 Å². The lowest BCUT2D eigenvalue weighted by Crippen LogP contribution is -2.25. The van der Waals surface area contributed by atoms with Gasteiger partial charge in [0.1, 0.15) is 0 Å². The van der Waals surface area contributed by atoms with Gasteiger partial charge in [-0.1, -0.05) is 23.8 Å². The van der Waals surface area contributed by atoms with Gasteiger partial charge in [0.15, 0.2) is 5.78 Å². The number of rotatable bonds is 5. The minimum absolute atomic E-state index is 0.148. The second kappa shape index (κ2) is 5.80. The number of benzene rings is 1. The maximum absolute atomic E-state index is 12.1. The van der Waals surface area contributed by atoms with Gasteiger partial charge in [-0.2, -0.15) is 5.10 Å². The van der Waals surface area contributed by atoms with Gasteiger partial charge in [0.25, 0.3) is 0 Å². The van der Waals surface area contributed by atoms with Crippen LogP contribution in [0.15, 0.2) is 36.7 Å².